The van der Waals surface area contributed by atoms with Gasteiger partial charge < -0.3 is 0 Å². The molecule has 0 aliphatic rings. The molecule has 1 nitrogen and oxygen atoms in total. The Kier molecular flexibility index (Phi) is 1.77. The Labute approximate surface area is 61.8 Å². The second-order valence-corrected chi connectivity index (χ2v) is 3.07. The van der Waals surface area contributed by atoms with Gasteiger partial charge in [-0.25, -0.2) is 0 Å². The molecule has 0 saturated heterocycles. The topological polar surface area (TPSA) is 26.0 Å². The predicted octanol–water partition coefficient (Wildman–Crippen LogP) is -0.205. The summed E-state index contributed by atoms with van der Waals surface area (Å²) in [5.74, 6) is 0. The molecule has 0 heterocycles. The SMILES string of the molecule is Nc1ccc([TeH])cc1. The fourth-order valence-electron chi connectivity index (χ4n) is 0.474. The van der Waals surface area contributed by atoms with E-state index in [0.717, 1.165) is 5.69 Å². The number of hydrogen-bond donors (Lipinski definition) is 1. The molecule has 8 heavy (non-hydrogen) atoms. The van der Waals surface area contributed by atoms with Crippen molar-refractivity contribution in [3.63, 3.8) is 0 Å². The normalized spacial score (nSPS) is 9.12. The van der Waals surface area contributed by atoms with Gasteiger partial charge in [0.1, 0.15) is 0 Å². The van der Waals surface area contributed by atoms with Crippen molar-refractivity contribution in [3.8, 4) is 0 Å². The van der Waals surface area contributed by atoms with Crippen LogP contribution < -0.4 is 9.35 Å². The first-order chi connectivity index (χ1) is 3.79. The van der Waals surface area contributed by atoms with Crippen LogP contribution in [-0.2, 0) is 0 Å². The van der Waals surface area contributed by atoms with Gasteiger partial charge in [0.15, 0.2) is 0 Å². The summed E-state index contributed by atoms with van der Waals surface area (Å²) in [5, 5.41) is 0. The fraction of sp³-hybridized carbons (Fsp3) is 0. The summed E-state index contributed by atoms with van der Waals surface area (Å²) in [5.41, 5.74) is 6.27. The number of benzene rings is 1. The van der Waals surface area contributed by atoms with Crippen LogP contribution in [0.2, 0.25) is 0 Å². The molecule has 1 aromatic rings. The summed E-state index contributed by atoms with van der Waals surface area (Å²) >= 11 is 1.71. The Balaban J connectivity index is 3.03. The summed E-state index contributed by atoms with van der Waals surface area (Å²) < 4.78 is 1.30. The van der Waals surface area contributed by atoms with E-state index >= 15 is 0 Å². The summed E-state index contributed by atoms with van der Waals surface area (Å²) in [6.07, 6.45) is 0. The van der Waals surface area contributed by atoms with Crippen LogP contribution >= 0.6 is 0 Å². The molecular weight excluding hydrogens is 214 g/mol. The Hall–Kier alpha value is -0.190. The standard InChI is InChI=1S/C6H7NTe/c7-5-1-3-6(8)4-2-5/h1-4,8H,7H2. The van der Waals surface area contributed by atoms with Crippen molar-refractivity contribution >= 4 is 31.6 Å². The fourth-order valence-corrected chi connectivity index (χ4v) is 0.900. The Morgan fingerprint density at radius 1 is 1.12 bits per heavy atom. The first-order valence-electron chi connectivity index (χ1n) is 2.33. The van der Waals surface area contributed by atoms with E-state index in [9.17, 15) is 0 Å². The molecule has 2 N–H and O–H groups in total. The van der Waals surface area contributed by atoms with Gasteiger partial charge in [0.05, 0.1) is 0 Å². The average molecular weight is 221 g/mol. The van der Waals surface area contributed by atoms with Crippen molar-refractivity contribution in [3.05, 3.63) is 24.3 Å². The zero-order chi connectivity index (χ0) is 5.98. The number of nitrogen functional groups attached to an aromatic ring is 1. The van der Waals surface area contributed by atoms with Gasteiger partial charge in [-0.3, -0.25) is 0 Å². The zero-order valence-corrected chi connectivity index (χ0v) is 6.89. The van der Waals surface area contributed by atoms with E-state index in [1.807, 2.05) is 24.3 Å². The Bertz CT molecular complexity index is 147. The van der Waals surface area contributed by atoms with Crippen molar-refractivity contribution in [1.29, 1.82) is 0 Å². The minimum absolute atomic E-state index is 0.837. The second-order valence-electron chi connectivity index (χ2n) is 1.59. The average Bonchev–Trinajstić information content (AvgIpc) is 1.77. The molecule has 0 bridgehead atoms. The van der Waals surface area contributed by atoms with Crippen LogP contribution in [0.15, 0.2) is 24.3 Å². The van der Waals surface area contributed by atoms with Gasteiger partial charge in [0.2, 0.25) is 0 Å². The third kappa shape index (κ3) is 1.40. The van der Waals surface area contributed by atoms with E-state index in [4.69, 9.17) is 5.73 Å². The molecule has 0 radical (unpaired) electrons. The van der Waals surface area contributed by atoms with Crippen LogP contribution in [0.25, 0.3) is 0 Å². The van der Waals surface area contributed by atoms with E-state index in [1.54, 1.807) is 22.3 Å². The summed E-state index contributed by atoms with van der Waals surface area (Å²) in [6.45, 7) is 0. The molecule has 2 heteroatoms. The van der Waals surface area contributed by atoms with E-state index in [-0.39, 0.29) is 0 Å². The predicted molar refractivity (Wildman–Crippen MR) is 37.6 cm³/mol. The zero-order valence-electron chi connectivity index (χ0n) is 4.33. The minimum atomic E-state index is 0.837. The molecule has 0 amide bonds. The summed E-state index contributed by atoms with van der Waals surface area (Å²) in [4.78, 5) is 0. The van der Waals surface area contributed by atoms with E-state index in [0.29, 0.717) is 0 Å². The molecule has 0 spiro atoms. The van der Waals surface area contributed by atoms with Crippen molar-refractivity contribution in [2.24, 2.45) is 0 Å². The third-order valence-electron chi connectivity index (χ3n) is 0.893. The molecule has 0 atom stereocenters. The summed E-state index contributed by atoms with van der Waals surface area (Å²) in [7, 11) is 0. The van der Waals surface area contributed by atoms with Crippen LogP contribution in [0.4, 0.5) is 5.69 Å². The number of anilines is 1. The molecular formula is C6H7NTe. The summed E-state index contributed by atoms with van der Waals surface area (Å²) in [6, 6.07) is 7.86. The molecule has 0 aromatic heterocycles. The number of hydrogen-bond acceptors (Lipinski definition) is 1. The van der Waals surface area contributed by atoms with Crippen LogP contribution in [0.3, 0.4) is 0 Å². The third-order valence-corrected chi connectivity index (χ3v) is 1.74. The van der Waals surface area contributed by atoms with Crippen molar-refractivity contribution in [1.82, 2.24) is 0 Å². The first-order valence-corrected chi connectivity index (χ1v) is 3.61. The van der Waals surface area contributed by atoms with Crippen LogP contribution in [0.5, 0.6) is 0 Å². The quantitative estimate of drug-likeness (QED) is 0.476. The monoisotopic (exact) mass is 223 g/mol. The van der Waals surface area contributed by atoms with Gasteiger partial charge in [-0.1, -0.05) is 0 Å². The maximum absolute atomic E-state index is 5.43. The molecule has 1 aromatic carbocycles. The molecule has 0 aliphatic carbocycles. The molecule has 0 saturated carbocycles. The van der Waals surface area contributed by atoms with Gasteiger partial charge in [-0.15, -0.1) is 0 Å². The first kappa shape index (κ1) is 5.94. The van der Waals surface area contributed by atoms with Gasteiger partial charge in [0, 0.05) is 0 Å². The molecule has 0 aliphatic heterocycles. The Morgan fingerprint density at radius 3 is 2.00 bits per heavy atom. The molecule has 0 unspecified atom stereocenters. The second kappa shape index (κ2) is 2.39. The number of nitrogens with two attached hydrogens (primary N) is 1. The number of rotatable bonds is 0. The van der Waals surface area contributed by atoms with Gasteiger partial charge in [-0.05, 0) is 0 Å². The van der Waals surface area contributed by atoms with Gasteiger partial charge in [-0.2, -0.15) is 0 Å². The van der Waals surface area contributed by atoms with E-state index < -0.39 is 0 Å². The van der Waals surface area contributed by atoms with E-state index in [2.05, 4.69) is 0 Å². The van der Waals surface area contributed by atoms with Crippen LogP contribution in [0.1, 0.15) is 0 Å². The van der Waals surface area contributed by atoms with Gasteiger partial charge >= 0.3 is 61.6 Å². The maximum atomic E-state index is 5.43. The molecule has 42 valence electrons. The van der Waals surface area contributed by atoms with Crippen LogP contribution in [-0.4, -0.2) is 22.3 Å². The van der Waals surface area contributed by atoms with Crippen molar-refractivity contribution < 1.29 is 0 Å². The van der Waals surface area contributed by atoms with E-state index in [1.165, 1.54) is 3.61 Å². The van der Waals surface area contributed by atoms with Crippen LogP contribution in [0, 0.1) is 0 Å². The Morgan fingerprint density at radius 2 is 1.62 bits per heavy atom. The molecule has 0 fully saturated rings. The van der Waals surface area contributed by atoms with Crippen molar-refractivity contribution in [2.75, 3.05) is 5.73 Å². The molecule has 1 rings (SSSR count). The van der Waals surface area contributed by atoms with Gasteiger partial charge in [0.25, 0.3) is 0 Å². The van der Waals surface area contributed by atoms with Crippen molar-refractivity contribution in [2.45, 2.75) is 0 Å².